The number of thiophene rings is 1. The molecule has 1 saturated carbocycles. The summed E-state index contributed by atoms with van der Waals surface area (Å²) >= 11 is 1.70. The number of likely N-dealkylation sites (tertiary alicyclic amines) is 1. The number of aromatic nitrogens is 2. The standard InChI is InChI=1S/C23H34N4O2S/c1-2-24-13-10-18-19(16-24)30-22-20(18)21(28)27(17-8-4-3-5-9-17)23(29)26(22)15-14-25-11-6-7-12-25/h17H,2-16H2,1H3. The van der Waals surface area contributed by atoms with Crippen molar-refractivity contribution in [3.63, 3.8) is 0 Å². The van der Waals surface area contributed by atoms with Crippen LogP contribution >= 0.6 is 11.3 Å². The van der Waals surface area contributed by atoms with Crippen molar-refractivity contribution in [2.45, 2.75) is 77.4 Å². The van der Waals surface area contributed by atoms with Crippen molar-refractivity contribution in [2.24, 2.45) is 0 Å². The average molecular weight is 431 g/mol. The molecule has 6 nitrogen and oxygen atoms in total. The molecule has 30 heavy (non-hydrogen) atoms. The largest absolute Gasteiger partial charge is 0.332 e. The maximum Gasteiger partial charge on any atom is 0.332 e. The maximum atomic E-state index is 13.7. The quantitative estimate of drug-likeness (QED) is 0.731. The molecule has 2 aliphatic heterocycles. The zero-order valence-corrected chi connectivity index (χ0v) is 19.0. The Kier molecular flexibility index (Phi) is 5.86. The van der Waals surface area contributed by atoms with Crippen LogP contribution in [0.1, 0.15) is 68.4 Å². The number of likely N-dealkylation sites (N-methyl/N-ethyl adjacent to an activating group) is 1. The van der Waals surface area contributed by atoms with Gasteiger partial charge in [-0.3, -0.25) is 18.8 Å². The molecule has 0 spiro atoms. The van der Waals surface area contributed by atoms with Crippen molar-refractivity contribution < 1.29 is 0 Å². The van der Waals surface area contributed by atoms with Crippen molar-refractivity contribution in [3.05, 3.63) is 31.3 Å². The van der Waals surface area contributed by atoms with E-state index in [-0.39, 0.29) is 17.3 Å². The third-order valence-electron chi connectivity index (χ3n) is 7.46. The summed E-state index contributed by atoms with van der Waals surface area (Å²) in [5, 5.41) is 0.859. The number of nitrogens with zero attached hydrogens (tertiary/aromatic N) is 4. The van der Waals surface area contributed by atoms with Gasteiger partial charge in [0.15, 0.2) is 0 Å². The normalized spacial score (nSPS) is 21.5. The molecular formula is C23H34N4O2S. The van der Waals surface area contributed by atoms with Gasteiger partial charge in [-0.05, 0) is 57.3 Å². The van der Waals surface area contributed by atoms with Crippen LogP contribution in [0.15, 0.2) is 9.59 Å². The summed E-state index contributed by atoms with van der Waals surface area (Å²) in [7, 11) is 0. The predicted octanol–water partition coefficient (Wildman–Crippen LogP) is 3.20. The van der Waals surface area contributed by atoms with E-state index in [1.165, 1.54) is 29.7 Å². The molecule has 1 aliphatic carbocycles. The van der Waals surface area contributed by atoms with Crippen molar-refractivity contribution in [1.82, 2.24) is 18.9 Å². The van der Waals surface area contributed by atoms with Gasteiger partial charge in [0, 0.05) is 37.1 Å². The van der Waals surface area contributed by atoms with Gasteiger partial charge in [-0.15, -0.1) is 11.3 Å². The van der Waals surface area contributed by atoms with Gasteiger partial charge < -0.3 is 4.90 Å². The fourth-order valence-electron chi connectivity index (χ4n) is 5.65. The molecule has 0 unspecified atom stereocenters. The molecular weight excluding hydrogens is 396 g/mol. The Balaban J connectivity index is 1.64. The minimum absolute atomic E-state index is 0.0122. The van der Waals surface area contributed by atoms with Crippen LogP contribution < -0.4 is 11.2 Å². The van der Waals surface area contributed by atoms with Crippen LogP contribution in [0.2, 0.25) is 0 Å². The Morgan fingerprint density at radius 3 is 2.43 bits per heavy atom. The maximum absolute atomic E-state index is 13.7. The van der Waals surface area contributed by atoms with Crippen molar-refractivity contribution in [2.75, 3.05) is 32.7 Å². The molecule has 0 atom stereocenters. The molecule has 2 fully saturated rings. The highest BCUT2D eigenvalue weighted by Gasteiger charge is 2.28. The molecule has 7 heteroatoms. The van der Waals surface area contributed by atoms with Crippen LogP contribution in [0.3, 0.4) is 0 Å². The van der Waals surface area contributed by atoms with Crippen LogP contribution in [-0.2, 0) is 19.5 Å². The summed E-state index contributed by atoms with van der Waals surface area (Å²) in [5.41, 5.74) is 1.15. The monoisotopic (exact) mass is 430 g/mol. The first-order chi connectivity index (χ1) is 14.7. The summed E-state index contributed by atoms with van der Waals surface area (Å²) < 4.78 is 3.62. The van der Waals surface area contributed by atoms with Gasteiger partial charge in [0.25, 0.3) is 5.56 Å². The number of hydrogen-bond acceptors (Lipinski definition) is 5. The topological polar surface area (TPSA) is 50.5 Å². The fourth-order valence-corrected chi connectivity index (χ4v) is 7.05. The van der Waals surface area contributed by atoms with Gasteiger partial charge in [0.1, 0.15) is 4.83 Å². The summed E-state index contributed by atoms with van der Waals surface area (Å²) in [6.07, 6.45) is 8.82. The second kappa shape index (κ2) is 8.60. The van der Waals surface area contributed by atoms with Gasteiger partial charge in [0.2, 0.25) is 0 Å². The smallest absolute Gasteiger partial charge is 0.302 e. The Hall–Kier alpha value is -1.44. The van der Waals surface area contributed by atoms with Crippen LogP contribution in [0, 0.1) is 0 Å². The zero-order chi connectivity index (χ0) is 20.7. The molecule has 0 aromatic carbocycles. The molecule has 1 saturated heterocycles. The van der Waals surface area contributed by atoms with Crippen LogP contribution in [-0.4, -0.2) is 51.7 Å². The molecule has 0 bridgehead atoms. The molecule has 0 radical (unpaired) electrons. The highest BCUT2D eigenvalue weighted by molar-refractivity contribution is 7.18. The Bertz CT molecular complexity index is 1020. The van der Waals surface area contributed by atoms with Crippen molar-refractivity contribution in [1.29, 1.82) is 0 Å². The molecule has 2 aromatic rings. The molecule has 4 heterocycles. The minimum atomic E-state index is -0.0652. The van der Waals surface area contributed by atoms with Crippen LogP contribution in [0.4, 0.5) is 0 Å². The van der Waals surface area contributed by atoms with Gasteiger partial charge >= 0.3 is 5.69 Å². The third-order valence-corrected chi connectivity index (χ3v) is 8.70. The predicted molar refractivity (Wildman–Crippen MR) is 123 cm³/mol. The second-order valence-electron chi connectivity index (χ2n) is 9.25. The summed E-state index contributed by atoms with van der Waals surface area (Å²) in [4.78, 5) is 34.4. The van der Waals surface area contributed by atoms with E-state index in [0.29, 0.717) is 6.54 Å². The Labute approximate surface area is 182 Å². The van der Waals surface area contributed by atoms with Gasteiger partial charge in [0.05, 0.1) is 5.39 Å². The number of rotatable bonds is 5. The fraction of sp³-hybridized carbons (Fsp3) is 0.739. The van der Waals surface area contributed by atoms with Crippen molar-refractivity contribution in [3.8, 4) is 0 Å². The van der Waals surface area contributed by atoms with Gasteiger partial charge in [-0.25, -0.2) is 4.79 Å². The first kappa shape index (κ1) is 20.5. The first-order valence-electron chi connectivity index (χ1n) is 11.9. The summed E-state index contributed by atoms with van der Waals surface area (Å²) in [6, 6.07) is 0.0764. The minimum Gasteiger partial charge on any atom is -0.302 e. The van der Waals surface area contributed by atoms with Crippen LogP contribution in [0.5, 0.6) is 0 Å². The summed E-state index contributed by atoms with van der Waals surface area (Å²) in [5.74, 6) is 0. The number of hydrogen-bond donors (Lipinski definition) is 0. The lowest BCUT2D eigenvalue weighted by Crippen LogP contribution is -2.44. The first-order valence-corrected chi connectivity index (χ1v) is 12.7. The molecule has 5 rings (SSSR count). The molecule has 164 valence electrons. The van der Waals surface area contributed by atoms with E-state index in [1.807, 2.05) is 4.57 Å². The zero-order valence-electron chi connectivity index (χ0n) is 18.2. The lowest BCUT2D eigenvalue weighted by molar-refractivity contribution is 0.272. The Morgan fingerprint density at radius 1 is 0.933 bits per heavy atom. The van der Waals surface area contributed by atoms with E-state index in [4.69, 9.17) is 0 Å². The number of fused-ring (bicyclic) bond motifs is 3. The molecule has 3 aliphatic rings. The molecule has 0 N–H and O–H groups in total. The van der Waals surface area contributed by atoms with E-state index in [0.717, 1.165) is 81.6 Å². The third kappa shape index (κ3) is 3.59. The SMILES string of the molecule is CCN1CCc2c(sc3c2c(=O)n(C2CCCCC2)c(=O)n3CCN2CCCC2)C1. The lowest BCUT2D eigenvalue weighted by Gasteiger charge is -2.26. The van der Waals surface area contributed by atoms with Gasteiger partial charge in [-0.1, -0.05) is 26.2 Å². The van der Waals surface area contributed by atoms with E-state index >= 15 is 0 Å². The van der Waals surface area contributed by atoms with Gasteiger partial charge in [-0.2, -0.15) is 0 Å². The second-order valence-corrected chi connectivity index (χ2v) is 10.3. The lowest BCUT2D eigenvalue weighted by atomic mass is 9.95. The average Bonchev–Trinajstić information content (AvgIpc) is 3.41. The van der Waals surface area contributed by atoms with Crippen molar-refractivity contribution >= 4 is 21.6 Å². The molecule has 0 amide bonds. The van der Waals surface area contributed by atoms with E-state index < -0.39 is 0 Å². The van der Waals surface area contributed by atoms with Crippen LogP contribution in [0.25, 0.3) is 10.2 Å². The molecule has 2 aromatic heterocycles. The highest BCUT2D eigenvalue weighted by Crippen LogP contribution is 2.34. The Morgan fingerprint density at radius 2 is 1.70 bits per heavy atom. The van der Waals surface area contributed by atoms with E-state index in [1.54, 1.807) is 15.9 Å². The van der Waals surface area contributed by atoms with E-state index in [2.05, 4.69) is 16.7 Å². The highest BCUT2D eigenvalue weighted by atomic mass is 32.1. The van der Waals surface area contributed by atoms with E-state index in [9.17, 15) is 9.59 Å². The summed E-state index contributed by atoms with van der Waals surface area (Å²) in [6.45, 7) is 9.00.